The number of piperazine rings is 1. The summed E-state index contributed by atoms with van der Waals surface area (Å²) in [6, 6.07) is 11.9. The molecule has 0 bridgehead atoms. The fourth-order valence-corrected chi connectivity index (χ4v) is 4.82. The van der Waals surface area contributed by atoms with Crippen molar-refractivity contribution in [1.29, 1.82) is 0 Å². The van der Waals surface area contributed by atoms with E-state index in [4.69, 9.17) is 0 Å². The molecule has 1 saturated carbocycles. The first-order chi connectivity index (χ1) is 14.2. The molecule has 3 atom stereocenters. The second-order valence-electron chi connectivity index (χ2n) is 8.43. The number of nitrogens with zero attached hydrogens (tertiary/aromatic N) is 3. The van der Waals surface area contributed by atoms with Crippen LogP contribution in [0.25, 0.3) is 11.1 Å². The van der Waals surface area contributed by atoms with Crippen LogP contribution in [0.3, 0.4) is 0 Å². The Morgan fingerprint density at radius 3 is 2.59 bits per heavy atom. The molecular formula is C23H25N3O3. The van der Waals surface area contributed by atoms with Crippen molar-refractivity contribution in [2.24, 2.45) is 5.92 Å². The molecule has 29 heavy (non-hydrogen) atoms. The van der Waals surface area contributed by atoms with Gasteiger partial charge >= 0.3 is 0 Å². The molecule has 3 fully saturated rings. The Bertz CT molecular complexity index is 911. The van der Waals surface area contributed by atoms with Crippen molar-refractivity contribution in [3.63, 3.8) is 0 Å². The molecule has 2 aromatic rings. The summed E-state index contributed by atoms with van der Waals surface area (Å²) in [6.45, 7) is 0.640. The lowest BCUT2D eigenvalue weighted by molar-refractivity contribution is -0.167. The highest BCUT2D eigenvalue weighted by molar-refractivity contribution is 5.88. The second-order valence-corrected chi connectivity index (χ2v) is 8.43. The molecule has 6 nitrogen and oxygen atoms in total. The molecule has 1 N–H and O–H groups in total. The van der Waals surface area contributed by atoms with Gasteiger partial charge in [0.25, 0.3) is 0 Å². The van der Waals surface area contributed by atoms with Gasteiger partial charge in [-0.1, -0.05) is 30.3 Å². The van der Waals surface area contributed by atoms with Gasteiger partial charge in [-0.15, -0.1) is 0 Å². The van der Waals surface area contributed by atoms with Crippen LogP contribution in [-0.4, -0.2) is 63.5 Å². The monoisotopic (exact) mass is 391 g/mol. The molecule has 2 saturated heterocycles. The number of pyridine rings is 1. The third kappa shape index (κ3) is 3.31. The van der Waals surface area contributed by atoms with Crippen LogP contribution >= 0.6 is 0 Å². The molecule has 150 valence electrons. The fourth-order valence-electron chi connectivity index (χ4n) is 4.82. The number of fused-ring (bicyclic) bond motifs is 1. The Morgan fingerprint density at radius 2 is 1.93 bits per heavy atom. The van der Waals surface area contributed by atoms with E-state index in [0.29, 0.717) is 18.9 Å². The maximum absolute atomic E-state index is 12.7. The standard InChI is InChI=1S/C23H25N3O3/c27-14-20-23(17-7-5-16(6-8-17)18-2-1-9-24-11-18)19-12-25(13-22(29)26(19)20)21(28)10-15-3-4-15/h1-2,5-9,11,15,19-20,23,27H,3-4,10,12-14H2/t19-,20-,23-/m0/s1. The van der Waals surface area contributed by atoms with Crippen molar-refractivity contribution in [2.45, 2.75) is 37.3 Å². The number of benzene rings is 1. The van der Waals surface area contributed by atoms with Gasteiger partial charge in [-0.05, 0) is 41.5 Å². The zero-order valence-electron chi connectivity index (χ0n) is 16.3. The van der Waals surface area contributed by atoms with Crippen molar-refractivity contribution < 1.29 is 14.7 Å². The van der Waals surface area contributed by atoms with Gasteiger partial charge in [-0.3, -0.25) is 14.6 Å². The molecule has 3 aliphatic rings. The molecule has 0 radical (unpaired) electrons. The molecule has 2 aliphatic heterocycles. The van der Waals surface area contributed by atoms with E-state index >= 15 is 0 Å². The van der Waals surface area contributed by atoms with E-state index < -0.39 is 0 Å². The van der Waals surface area contributed by atoms with E-state index in [2.05, 4.69) is 29.2 Å². The summed E-state index contributed by atoms with van der Waals surface area (Å²) in [5.74, 6) is 0.604. The van der Waals surface area contributed by atoms with Crippen LogP contribution in [-0.2, 0) is 9.59 Å². The molecule has 1 aromatic carbocycles. The minimum Gasteiger partial charge on any atom is -0.394 e. The van der Waals surface area contributed by atoms with Crippen molar-refractivity contribution in [3.8, 4) is 11.1 Å². The second kappa shape index (κ2) is 7.26. The van der Waals surface area contributed by atoms with E-state index in [0.717, 1.165) is 29.5 Å². The van der Waals surface area contributed by atoms with Crippen molar-refractivity contribution in [2.75, 3.05) is 19.7 Å². The lowest BCUT2D eigenvalue weighted by Gasteiger charge is -2.58. The first-order valence-corrected chi connectivity index (χ1v) is 10.4. The summed E-state index contributed by atoms with van der Waals surface area (Å²) in [5.41, 5.74) is 3.24. The SMILES string of the molecule is O=C(CC1CC1)N1CC(=O)N2[C@@H](CO)[C@@H](c3ccc(-c4cccnc4)cc3)[C@@H]2C1. The highest BCUT2D eigenvalue weighted by Crippen LogP contribution is 2.43. The lowest BCUT2D eigenvalue weighted by atomic mass is 9.73. The number of amides is 2. The van der Waals surface area contributed by atoms with E-state index in [1.807, 2.05) is 18.3 Å². The summed E-state index contributed by atoms with van der Waals surface area (Å²) in [5, 5.41) is 9.93. The maximum Gasteiger partial charge on any atom is 0.242 e. The van der Waals surface area contributed by atoms with Crippen LogP contribution in [0.15, 0.2) is 48.8 Å². The summed E-state index contributed by atoms with van der Waals surface area (Å²) in [4.78, 5) is 32.9. The number of aromatic nitrogens is 1. The van der Waals surface area contributed by atoms with Gasteiger partial charge < -0.3 is 14.9 Å². The van der Waals surface area contributed by atoms with Crippen molar-refractivity contribution >= 4 is 11.8 Å². The lowest BCUT2D eigenvalue weighted by Crippen LogP contribution is -2.73. The molecule has 6 heteroatoms. The quantitative estimate of drug-likeness (QED) is 0.847. The van der Waals surface area contributed by atoms with E-state index in [-0.39, 0.29) is 43.0 Å². The zero-order chi connectivity index (χ0) is 20.0. The predicted molar refractivity (Wildman–Crippen MR) is 108 cm³/mol. The Hall–Kier alpha value is -2.73. The summed E-state index contributed by atoms with van der Waals surface area (Å²) in [7, 11) is 0. The minimum absolute atomic E-state index is 0.0448. The van der Waals surface area contributed by atoms with E-state index in [9.17, 15) is 14.7 Å². The number of hydrogen-bond acceptors (Lipinski definition) is 4. The number of carbonyl (C=O) groups excluding carboxylic acids is 2. The summed E-state index contributed by atoms with van der Waals surface area (Å²) < 4.78 is 0. The number of carbonyl (C=O) groups is 2. The number of hydrogen-bond donors (Lipinski definition) is 1. The average Bonchev–Trinajstić information content (AvgIpc) is 3.54. The Labute approximate surface area is 170 Å². The molecule has 0 spiro atoms. The average molecular weight is 391 g/mol. The number of aliphatic hydroxyl groups is 1. The normalized spacial score (nSPS) is 26.1. The van der Waals surface area contributed by atoms with Gasteiger partial charge in [-0.2, -0.15) is 0 Å². The Kier molecular flexibility index (Phi) is 4.59. The van der Waals surface area contributed by atoms with Crippen LogP contribution in [0.4, 0.5) is 0 Å². The largest absolute Gasteiger partial charge is 0.394 e. The maximum atomic E-state index is 12.7. The zero-order valence-corrected chi connectivity index (χ0v) is 16.3. The fraction of sp³-hybridized carbons (Fsp3) is 0.435. The van der Waals surface area contributed by atoms with E-state index in [1.165, 1.54) is 0 Å². The van der Waals surface area contributed by atoms with Gasteiger partial charge in [-0.25, -0.2) is 0 Å². The van der Waals surface area contributed by atoms with Gasteiger partial charge in [0.15, 0.2) is 0 Å². The first-order valence-electron chi connectivity index (χ1n) is 10.4. The van der Waals surface area contributed by atoms with Crippen molar-refractivity contribution in [3.05, 3.63) is 54.4 Å². The van der Waals surface area contributed by atoms with Gasteiger partial charge in [0, 0.05) is 31.3 Å². The highest BCUT2D eigenvalue weighted by atomic mass is 16.3. The molecular weight excluding hydrogens is 366 g/mol. The van der Waals surface area contributed by atoms with E-state index in [1.54, 1.807) is 16.0 Å². The predicted octanol–water partition coefficient (Wildman–Crippen LogP) is 2.05. The molecule has 0 unspecified atom stereocenters. The molecule has 3 heterocycles. The van der Waals surface area contributed by atoms with Crippen LogP contribution < -0.4 is 0 Å². The van der Waals surface area contributed by atoms with Gasteiger partial charge in [0.2, 0.25) is 11.8 Å². The third-order valence-corrected chi connectivity index (χ3v) is 6.56. The molecule has 1 aromatic heterocycles. The van der Waals surface area contributed by atoms with Gasteiger partial charge in [0.05, 0.1) is 25.2 Å². The minimum atomic E-state index is -0.211. The van der Waals surface area contributed by atoms with Gasteiger partial charge in [0.1, 0.15) is 0 Å². The Balaban J connectivity index is 1.36. The first kappa shape index (κ1) is 18.3. The van der Waals surface area contributed by atoms with Crippen LogP contribution in [0.5, 0.6) is 0 Å². The molecule has 1 aliphatic carbocycles. The third-order valence-electron chi connectivity index (χ3n) is 6.56. The summed E-state index contributed by atoms with van der Waals surface area (Å²) >= 11 is 0. The highest BCUT2D eigenvalue weighted by Gasteiger charge is 2.54. The smallest absolute Gasteiger partial charge is 0.242 e. The number of rotatable bonds is 5. The summed E-state index contributed by atoms with van der Waals surface area (Å²) in [6.07, 6.45) is 6.40. The molecule has 2 amide bonds. The Morgan fingerprint density at radius 1 is 1.14 bits per heavy atom. The topological polar surface area (TPSA) is 73.7 Å². The van der Waals surface area contributed by atoms with Crippen LogP contribution in [0.1, 0.15) is 30.7 Å². The van der Waals surface area contributed by atoms with Crippen LogP contribution in [0, 0.1) is 5.92 Å². The molecule has 5 rings (SSSR count). The van der Waals surface area contributed by atoms with Crippen molar-refractivity contribution in [1.82, 2.24) is 14.8 Å². The van der Waals surface area contributed by atoms with Crippen LogP contribution in [0.2, 0.25) is 0 Å². The number of aliphatic hydroxyl groups excluding tert-OH is 1.